The Morgan fingerprint density at radius 1 is 1.05 bits per heavy atom. The number of hydrogen-bond donors (Lipinski definition) is 1. The second-order valence-corrected chi connectivity index (χ2v) is 7.77. The zero-order valence-electron chi connectivity index (χ0n) is 13.3. The number of nitrogens with zero attached hydrogens (tertiary/aromatic N) is 1. The third-order valence-electron chi connectivity index (χ3n) is 5.74. The Bertz CT molecular complexity index is 306. The third-order valence-corrected chi connectivity index (χ3v) is 5.74. The molecule has 0 spiro atoms. The fourth-order valence-corrected chi connectivity index (χ4v) is 3.82. The molecule has 2 fully saturated rings. The highest BCUT2D eigenvalue weighted by molar-refractivity contribution is 5.01. The molecule has 0 amide bonds. The molecule has 1 saturated carbocycles. The van der Waals surface area contributed by atoms with Crippen molar-refractivity contribution in [1.29, 1.82) is 0 Å². The number of hydrogen-bond acceptors (Lipinski definition) is 3. The van der Waals surface area contributed by atoms with E-state index in [4.69, 9.17) is 10.5 Å². The predicted molar refractivity (Wildman–Crippen MR) is 80.3 cm³/mol. The van der Waals surface area contributed by atoms with E-state index in [0.29, 0.717) is 5.41 Å². The monoisotopic (exact) mass is 268 g/mol. The van der Waals surface area contributed by atoms with Crippen molar-refractivity contribution in [1.82, 2.24) is 4.90 Å². The van der Waals surface area contributed by atoms with Crippen LogP contribution < -0.4 is 5.73 Å². The van der Waals surface area contributed by atoms with Gasteiger partial charge in [0.2, 0.25) is 0 Å². The fourth-order valence-electron chi connectivity index (χ4n) is 3.82. The fraction of sp³-hybridized carbons (Fsp3) is 1.00. The summed E-state index contributed by atoms with van der Waals surface area (Å²) in [4.78, 5) is 2.65. The molecule has 1 aliphatic carbocycles. The zero-order valence-corrected chi connectivity index (χ0v) is 13.3. The largest absolute Gasteiger partial charge is 0.377 e. The first-order chi connectivity index (χ1) is 8.85. The van der Waals surface area contributed by atoms with E-state index in [9.17, 15) is 0 Å². The summed E-state index contributed by atoms with van der Waals surface area (Å²) in [5.41, 5.74) is 6.96. The highest BCUT2D eigenvalue weighted by Crippen LogP contribution is 2.44. The molecule has 0 aromatic rings. The Kier molecular flexibility index (Phi) is 4.29. The molecule has 3 heteroatoms. The van der Waals surface area contributed by atoms with Crippen molar-refractivity contribution < 1.29 is 4.74 Å². The van der Waals surface area contributed by atoms with E-state index >= 15 is 0 Å². The van der Waals surface area contributed by atoms with Crippen LogP contribution in [-0.2, 0) is 4.74 Å². The quantitative estimate of drug-likeness (QED) is 0.855. The molecule has 3 nitrogen and oxygen atoms in total. The number of nitrogens with two attached hydrogens (primary N) is 1. The van der Waals surface area contributed by atoms with Crippen LogP contribution in [0.3, 0.4) is 0 Å². The number of methoxy groups -OCH3 is 1. The number of ether oxygens (including phenoxy) is 1. The Hall–Kier alpha value is -0.120. The summed E-state index contributed by atoms with van der Waals surface area (Å²) in [6.07, 6.45) is 7.49. The Morgan fingerprint density at radius 3 is 2.21 bits per heavy atom. The third kappa shape index (κ3) is 3.14. The van der Waals surface area contributed by atoms with E-state index in [1.54, 1.807) is 0 Å². The topological polar surface area (TPSA) is 38.5 Å². The van der Waals surface area contributed by atoms with Gasteiger partial charge in [-0.15, -0.1) is 0 Å². The Morgan fingerprint density at radius 2 is 1.68 bits per heavy atom. The van der Waals surface area contributed by atoms with E-state index in [1.807, 2.05) is 7.11 Å². The van der Waals surface area contributed by atoms with Crippen LogP contribution in [0, 0.1) is 5.41 Å². The van der Waals surface area contributed by atoms with Gasteiger partial charge < -0.3 is 10.5 Å². The summed E-state index contributed by atoms with van der Waals surface area (Å²) in [7, 11) is 1.85. The van der Waals surface area contributed by atoms with Gasteiger partial charge in [-0.3, -0.25) is 4.90 Å². The average molecular weight is 268 g/mol. The maximum absolute atomic E-state index is 6.21. The summed E-state index contributed by atoms with van der Waals surface area (Å²) in [6.45, 7) is 10.1. The predicted octanol–water partition coefficient (Wildman–Crippen LogP) is 2.79. The van der Waals surface area contributed by atoms with Crippen molar-refractivity contribution in [3.63, 3.8) is 0 Å². The van der Waals surface area contributed by atoms with Gasteiger partial charge in [-0.05, 0) is 57.4 Å². The molecule has 1 heterocycles. The van der Waals surface area contributed by atoms with Crippen LogP contribution in [0.25, 0.3) is 0 Å². The van der Waals surface area contributed by atoms with Crippen LogP contribution in [0.2, 0.25) is 0 Å². The molecule has 112 valence electrons. The Labute approximate surface area is 118 Å². The van der Waals surface area contributed by atoms with Crippen molar-refractivity contribution in [2.45, 2.75) is 70.4 Å². The zero-order chi connectivity index (χ0) is 14.1. The van der Waals surface area contributed by atoms with Crippen molar-refractivity contribution >= 4 is 0 Å². The lowest BCUT2D eigenvalue weighted by atomic mass is 9.68. The van der Waals surface area contributed by atoms with Gasteiger partial charge in [0, 0.05) is 25.7 Å². The number of rotatable bonds is 3. The summed E-state index contributed by atoms with van der Waals surface area (Å²) in [5.74, 6) is 0. The first-order valence-electron chi connectivity index (χ1n) is 7.85. The number of piperidine rings is 1. The molecular weight excluding hydrogens is 236 g/mol. The standard InChI is InChI=1S/C16H32N2O/c1-14(2)7-9-16(12-17,10-8-14)18-11-5-6-15(3,13-18)19-4/h5-13,17H2,1-4H3. The van der Waals surface area contributed by atoms with Gasteiger partial charge >= 0.3 is 0 Å². The number of likely N-dealkylation sites (tertiary alicyclic amines) is 1. The summed E-state index contributed by atoms with van der Waals surface area (Å²) >= 11 is 0. The minimum absolute atomic E-state index is 0.0212. The summed E-state index contributed by atoms with van der Waals surface area (Å²) < 4.78 is 5.75. The lowest BCUT2D eigenvalue weighted by Gasteiger charge is -2.53. The van der Waals surface area contributed by atoms with Crippen LogP contribution >= 0.6 is 0 Å². The van der Waals surface area contributed by atoms with Crippen LogP contribution in [0.1, 0.15) is 59.3 Å². The van der Waals surface area contributed by atoms with Gasteiger partial charge in [0.05, 0.1) is 5.60 Å². The second-order valence-electron chi connectivity index (χ2n) is 7.77. The SMILES string of the molecule is COC1(C)CCCN(C2(CN)CCC(C)(C)CC2)C1. The molecule has 1 saturated heterocycles. The van der Waals surface area contributed by atoms with E-state index < -0.39 is 0 Å². The van der Waals surface area contributed by atoms with Crippen molar-refractivity contribution in [2.75, 3.05) is 26.7 Å². The average Bonchev–Trinajstić information content (AvgIpc) is 2.40. The lowest BCUT2D eigenvalue weighted by Crippen LogP contribution is -2.62. The first kappa shape index (κ1) is 15.3. The maximum atomic E-state index is 6.21. The lowest BCUT2D eigenvalue weighted by molar-refractivity contribution is -0.0927. The molecule has 2 N–H and O–H groups in total. The van der Waals surface area contributed by atoms with Crippen molar-refractivity contribution in [3.8, 4) is 0 Å². The van der Waals surface area contributed by atoms with Crippen molar-refractivity contribution in [2.24, 2.45) is 11.1 Å². The maximum Gasteiger partial charge on any atom is 0.0777 e. The molecule has 0 bridgehead atoms. The molecule has 1 unspecified atom stereocenters. The van der Waals surface area contributed by atoms with Gasteiger partial charge in [-0.2, -0.15) is 0 Å². The molecule has 0 aromatic carbocycles. The molecule has 2 rings (SSSR count). The van der Waals surface area contributed by atoms with Gasteiger partial charge in [0.1, 0.15) is 0 Å². The normalized spacial score (nSPS) is 35.2. The molecule has 1 atom stereocenters. The molecule has 19 heavy (non-hydrogen) atoms. The highest BCUT2D eigenvalue weighted by atomic mass is 16.5. The van der Waals surface area contributed by atoms with Gasteiger partial charge in [0.25, 0.3) is 0 Å². The van der Waals surface area contributed by atoms with E-state index in [-0.39, 0.29) is 11.1 Å². The van der Waals surface area contributed by atoms with E-state index in [0.717, 1.165) is 13.1 Å². The minimum Gasteiger partial charge on any atom is -0.377 e. The van der Waals surface area contributed by atoms with Crippen LogP contribution in [-0.4, -0.2) is 42.8 Å². The molecule has 0 aromatic heterocycles. The van der Waals surface area contributed by atoms with Gasteiger partial charge in [-0.1, -0.05) is 13.8 Å². The van der Waals surface area contributed by atoms with Crippen molar-refractivity contribution in [3.05, 3.63) is 0 Å². The van der Waals surface area contributed by atoms with Gasteiger partial charge in [-0.25, -0.2) is 0 Å². The Balaban J connectivity index is 2.09. The molecule has 2 aliphatic rings. The smallest absolute Gasteiger partial charge is 0.0777 e. The van der Waals surface area contributed by atoms with Crippen LogP contribution in [0.4, 0.5) is 0 Å². The van der Waals surface area contributed by atoms with E-state index in [2.05, 4.69) is 25.7 Å². The summed E-state index contributed by atoms with van der Waals surface area (Å²) in [6, 6.07) is 0. The van der Waals surface area contributed by atoms with Crippen LogP contribution in [0.15, 0.2) is 0 Å². The molecule has 0 radical (unpaired) electrons. The first-order valence-corrected chi connectivity index (χ1v) is 7.85. The molecule has 1 aliphatic heterocycles. The van der Waals surface area contributed by atoms with Crippen LogP contribution in [0.5, 0.6) is 0 Å². The summed E-state index contributed by atoms with van der Waals surface area (Å²) in [5, 5.41) is 0. The van der Waals surface area contributed by atoms with E-state index in [1.165, 1.54) is 45.1 Å². The second kappa shape index (κ2) is 5.34. The van der Waals surface area contributed by atoms with Gasteiger partial charge in [0.15, 0.2) is 0 Å². The highest BCUT2D eigenvalue weighted by Gasteiger charge is 2.45. The minimum atomic E-state index is 0.0212. The molecular formula is C16H32N2O.